The van der Waals surface area contributed by atoms with Gasteiger partial charge in [0.1, 0.15) is 5.69 Å². The Morgan fingerprint density at radius 3 is 2.79 bits per heavy atom. The minimum Gasteiger partial charge on any atom is -0.279 e. The topological polar surface area (TPSA) is 67.6 Å². The molecule has 9 heteroatoms. The zero-order valence-electron chi connectivity index (χ0n) is 15.1. The minimum absolute atomic E-state index is 0.0183. The molecule has 0 N–H and O–H groups in total. The van der Waals surface area contributed by atoms with E-state index in [0.29, 0.717) is 30.9 Å². The van der Waals surface area contributed by atoms with E-state index in [0.717, 1.165) is 17.0 Å². The van der Waals surface area contributed by atoms with Crippen molar-refractivity contribution in [2.24, 2.45) is 0 Å². The summed E-state index contributed by atoms with van der Waals surface area (Å²) in [5.74, 6) is 6.06. The van der Waals surface area contributed by atoms with E-state index in [9.17, 15) is 8.42 Å². The Hall–Kier alpha value is -2.18. The molecule has 0 unspecified atom stereocenters. The van der Waals surface area contributed by atoms with Crippen LogP contribution in [0.3, 0.4) is 0 Å². The van der Waals surface area contributed by atoms with Gasteiger partial charge in [0.15, 0.2) is 15.1 Å². The summed E-state index contributed by atoms with van der Waals surface area (Å²) in [7, 11) is -3.70. The van der Waals surface area contributed by atoms with Crippen LogP contribution in [-0.2, 0) is 10.0 Å². The number of aromatic nitrogens is 3. The number of nitrogens with zero attached hydrogens (tertiary/aromatic N) is 4. The predicted molar refractivity (Wildman–Crippen MR) is 110 cm³/mol. The zero-order valence-corrected chi connectivity index (χ0v) is 17.5. The van der Waals surface area contributed by atoms with E-state index in [2.05, 4.69) is 21.8 Å². The number of imidazole rings is 1. The molecule has 1 fully saturated rings. The van der Waals surface area contributed by atoms with Gasteiger partial charge in [0.05, 0.1) is 0 Å². The summed E-state index contributed by atoms with van der Waals surface area (Å²) in [6, 6.07) is 5.72. The Balaban J connectivity index is 1.48. The molecule has 144 valence electrons. The average molecular weight is 433 g/mol. The molecule has 6 nitrogen and oxygen atoms in total. The van der Waals surface area contributed by atoms with E-state index in [4.69, 9.17) is 11.6 Å². The summed E-state index contributed by atoms with van der Waals surface area (Å²) in [6.07, 6.45) is 4.82. The zero-order chi connectivity index (χ0) is 19.7. The first kappa shape index (κ1) is 19.2. The summed E-state index contributed by atoms with van der Waals surface area (Å²) in [5.41, 5.74) is 2.79. The lowest BCUT2D eigenvalue weighted by Gasteiger charge is -2.27. The van der Waals surface area contributed by atoms with Crippen LogP contribution in [0.4, 0.5) is 0 Å². The van der Waals surface area contributed by atoms with Crippen LogP contribution in [0.2, 0.25) is 5.15 Å². The van der Waals surface area contributed by atoms with Gasteiger partial charge in [-0.2, -0.15) is 4.31 Å². The first-order valence-corrected chi connectivity index (χ1v) is 11.4. The highest BCUT2D eigenvalue weighted by Gasteiger charge is 2.32. The largest absolute Gasteiger partial charge is 0.279 e. The number of hydrogen-bond donors (Lipinski definition) is 0. The lowest BCUT2D eigenvalue weighted by molar-refractivity contribution is 0.385. The summed E-state index contributed by atoms with van der Waals surface area (Å²) in [5, 5.41) is 1.85. The van der Waals surface area contributed by atoms with Gasteiger partial charge < -0.3 is 0 Å². The molecule has 0 saturated carbocycles. The second kappa shape index (κ2) is 7.68. The van der Waals surface area contributed by atoms with E-state index in [1.54, 1.807) is 11.6 Å². The second-order valence-electron chi connectivity index (χ2n) is 6.40. The molecule has 28 heavy (non-hydrogen) atoms. The third kappa shape index (κ3) is 3.71. The van der Waals surface area contributed by atoms with Gasteiger partial charge in [0, 0.05) is 30.4 Å². The smallest absolute Gasteiger partial charge is 0.262 e. The van der Waals surface area contributed by atoms with Crippen LogP contribution >= 0.6 is 22.9 Å². The van der Waals surface area contributed by atoms with E-state index < -0.39 is 10.0 Å². The number of rotatable bonds is 2. The summed E-state index contributed by atoms with van der Waals surface area (Å²) >= 11 is 7.46. The highest BCUT2D eigenvalue weighted by molar-refractivity contribution is 7.89. The number of aryl methyl sites for hydroxylation is 1. The maximum atomic E-state index is 13.0. The lowest BCUT2D eigenvalue weighted by atomic mass is 10.1. The predicted octanol–water partition coefficient (Wildman–Crippen LogP) is 3.52. The molecule has 0 radical (unpaired) electrons. The van der Waals surface area contributed by atoms with Gasteiger partial charge in [0.25, 0.3) is 10.0 Å². The van der Waals surface area contributed by atoms with Crippen molar-refractivity contribution in [1.29, 1.82) is 0 Å². The summed E-state index contributed by atoms with van der Waals surface area (Å²) in [6.45, 7) is 2.72. The van der Waals surface area contributed by atoms with Crippen molar-refractivity contribution in [2.45, 2.75) is 24.8 Å². The molecule has 0 bridgehead atoms. The van der Waals surface area contributed by atoms with Crippen molar-refractivity contribution in [3.8, 4) is 11.8 Å². The molecule has 0 aliphatic carbocycles. The van der Waals surface area contributed by atoms with Crippen LogP contribution in [0.25, 0.3) is 4.96 Å². The lowest BCUT2D eigenvalue weighted by Crippen LogP contribution is -2.37. The first-order valence-electron chi connectivity index (χ1n) is 8.69. The Morgan fingerprint density at radius 1 is 1.25 bits per heavy atom. The fourth-order valence-electron chi connectivity index (χ4n) is 3.07. The Kier molecular flexibility index (Phi) is 5.25. The van der Waals surface area contributed by atoms with Crippen LogP contribution in [0.5, 0.6) is 0 Å². The van der Waals surface area contributed by atoms with Crippen molar-refractivity contribution < 1.29 is 8.42 Å². The number of allylic oxidation sites excluding steroid dienone is 1. The van der Waals surface area contributed by atoms with Gasteiger partial charge in [-0.1, -0.05) is 29.2 Å². The van der Waals surface area contributed by atoms with E-state index in [1.807, 2.05) is 31.2 Å². The van der Waals surface area contributed by atoms with Gasteiger partial charge in [-0.25, -0.2) is 18.4 Å². The molecule has 4 rings (SSSR count). The molecule has 1 aliphatic rings. The van der Waals surface area contributed by atoms with Gasteiger partial charge in [-0.05, 0) is 43.9 Å². The third-order valence-corrected chi connectivity index (χ3v) is 7.55. The van der Waals surface area contributed by atoms with E-state index in [1.165, 1.54) is 20.0 Å². The quantitative estimate of drug-likeness (QED) is 0.581. The van der Waals surface area contributed by atoms with Crippen LogP contribution in [-0.4, -0.2) is 40.2 Å². The molecule has 0 aromatic carbocycles. The number of sulfonamides is 1. The summed E-state index contributed by atoms with van der Waals surface area (Å²) in [4.78, 5) is 9.05. The molecule has 1 aliphatic heterocycles. The molecule has 0 amide bonds. The minimum atomic E-state index is -3.70. The van der Waals surface area contributed by atoms with Crippen LogP contribution < -0.4 is 0 Å². The number of piperidine rings is 1. The number of pyridine rings is 1. The molecule has 0 spiro atoms. The molecule has 3 aromatic rings. The Bertz CT molecular complexity index is 1220. The van der Waals surface area contributed by atoms with Crippen LogP contribution in [0, 0.1) is 18.8 Å². The Labute approximate surface area is 172 Å². The highest BCUT2D eigenvalue weighted by atomic mass is 35.5. The van der Waals surface area contributed by atoms with Gasteiger partial charge in [-0.15, -0.1) is 11.3 Å². The van der Waals surface area contributed by atoms with Gasteiger partial charge in [0.2, 0.25) is 0 Å². The molecule has 1 saturated heterocycles. The molecule has 0 atom stereocenters. The normalized spacial score (nSPS) is 15.4. The fraction of sp³-hybridized carbons (Fsp3) is 0.263. The number of fused-ring (bicyclic) bond motifs is 1. The molecular formula is C19H17ClN4O2S2. The first-order chi connectivity index (χ1) is 13.4. The van der Waals surface area contributed by atoms with Crippen molar-refractivity contribution >= 4 is 37.9 Å². The monoisotopic (exact) mass is 432 g/mol. The van der Waals surface area contributed by atoms with Crippen molar-refractivity contribution in [1.82, 2.24) is 18.7 Å². The molecular weight excluding hydrogens is 416 g/mol. The molecule has 3 aromatic heterocycles. The van der Waals surface area contributed by atoms with E-state index >= 15 is 0 Å². The maximum Gasteiger partial charge on any atom is 0.262 e. The fourth-order valence-corrected chi connectivity index (χ4v) is 5.92. The summed E-state index contributed by atoms with van der Waals surface area (Å²) < 4.78 is 29.1. The van der Waals surface area contributed by atoms with Crippen molar-refractivity contribution in [3.05, 3.63) is 58.0 Å². The number of halogens is 1. The van der Waals surface area contributed by atoms with Crippen LogP contribution in [0.15, 0.2) is 46.5 Å². The van der Waals surface area contributed by atoms with Crippen molar-refractivity contribution in [2.75, 3.05) is 13.1 Å². The van der Waals surface area contributed by atoms with E-state index in [-0.39, 0.29) is 10.2 Å². The number of hydrogen-bond acceptors (Lipinski definition) is 5. The standard InChI is InChI=1S/C19H17ClN4O2S2/c1-14-4-2-6-16(21-14)7-3-5-15-8-10-23(11-9-15)28(25,26)18-17(20)22-19-24(18)12-13-27-19/h2,4-6,12-13H,8-11H2,1H3. The third-order valence-electron chi connectivity index (χ3n) is 4.49. The Morgan fingerprint density at radius 2 is 2.04 bits per heavy atom. The second-order valence-corrected chi connectivity index (χ2v) is 9.49. The SMILES string of the molecule is Cc1cccc(C#CC=C2CCN(S(=O)(=O)c3c(Cl)nc4sccn34)CC2)n1. The van der Waals surface area contributed by atoms with Crippen molar-refractivity contribution in [3.63, 3.8) is 0 Å². The highest BCUT2D eigenvalue weighted by Crippen LogP contribution is 2.30. The van der Waals surface area contributed by atoms with Gasteiger partial charge in [-0.3, -0.25) is 4.40 Å². The molecule has 4 heterocycles. The number of thiazole rings is 1. The average Bonchev–Trinajstić information content (AvgIpc) is 3.22. The maximum absolute atomic E-state index is 13.0. The van der Waals surface area contributed by atoms with Crippen LogP contribution in [0.1, 0.15) is 24.2 Å². The van der Waals surface area contributed by atoms with Gasteiger partial charge >= 0.3 is 0 Å².